The summed E-state index contributed by atoms with van der Waals surface area (Å²) in [5.41, 5.74) is 1.80. The predicted molar refractivity (Wildman–Crippen MR) is 89.7 cm³/mol. The van der Waals surface area contributed by atoms with Gasteiger partial charge in [-0.25, -0.2) is 0 Å². The molecule has 3 aromatic rings. The van der Waals surface area contributed by atoms with Crippen LogP contribution in [0, 0.1) is 11.3 Å². The van der Waals surface area contributed by atoms with E-state index in [2.05, 4.69) is 16.3 Å². The van der Waals surface area contributed by atoms with E-state index in [1.165, 1.54) is 11.8 Å². The van der Waals surface area contributed by atoms with Crippen LogP contribution in [0.1, 0.15) is 0 Å². The normalized spacial score (nSPS) is 10.3. The third kappa shape index (κ3) is 3.05. The summed E-state index contributed by atoms with van der Waals surface area (Å²) in [5.74, 6) is 1.75. The molecule has 114 valence electrons. The molecular formula is C17H14N4OS. The Kier molecular flexibility index (Phi) is 4.60. The van der Waals surface area contributed by atoms with E-state index >= 15 is 0 Å². The van der Waals surface area contributed by atoms with Crippen molar-refractivity contribution in [1.29, 1.82) is 5.26 Å². The van der Waals surface area contributed by atoms with Gasteiger partial charge in [0.2, 0.25) is 0 Å². The van der Waals surface area contributed by atoms with E-state index in [4.69, 9.17) is 10.00 Å². The summed E-state index contributed by atoms with van der Waals surface area (Å²) < 4.78 is 7.40. The van der Waals surface area contributed by atoms with Gasteiger partial charge in [-0.05, 0) is 12.1 Å². The summed E-state index contributed by atoms with van der Waals surface area (Å²) >= 11 is 1.35. The van der Waals surface area contributed by atoms with Crippen LogP contribution in [0.15, 0.2) is 59.8 Å². The maximum absolute atomic E-state index is 8.86. The average molecular weight is 322 g/mol. The molecule has 0 aliphatic heterocycles. The third-order valence-corrected chi connectivity index (χ3v) is 4.05. The highest BCUT2D eigenvalue weighted by atomic mass is 32.2. The molecule has 2 aromatic carbocycles. The Balaban J connectivity index is 2.19. The van der Waals surface area contributed by atoms with Crippen molar-refractivity contribution in [3.05, 3.63) is 54.6 Å². The van der Waals surface area contributed by atoms with Crippen molar-refractivity contribution in [2.45, 2.75) is 5.16 Å². The second-order valence-electron chi connectivity index (χ2n) is 4.63. The van der Waals surface area contributed by atoms with Crippen molar-refractivity contribution in [2.24, 2.45) is 0 Å². The Morgan fingerprint density at radius 1 is 1.09 bits per heavy atom. The number of para-hydroxylation sites is 2. The van der Waals surface area contributed by atoms with Gasteiger partial charge in [-0.1, -0.05) is 54.2 Å². The second kappa shape index (κ2) is 6.99. The van der Waals surface area contributed by atoms with Crippen molar-refractivity contribution in [2.75, 3.05) is 12.9 Å². The van der Waals surface area contributed by atoms with Gasteiger partial charge in [0.15, 0.2) is 11.0 Å². The maximum atomic E-state index is 8.86. The summed E-state index contributed by atoms with van der Waals surface area (Å²) in [6.07, 6.45) is 0. The first-order chi connectivity index (χ1) is 11.3. The highest BCUT2D eigenvalue weighted by molar-refractivity contribution is 7.99. The monoisotopic (exact) mass is 322 g/mol. The quantitative estimate of drug-likeness (QED) is 0.672. The van der Waals surface area contributed by atoms with Crippen LogP contribution in [0.25, 0.3) is 17.1 Å². The molecule has 0 atom stereocenters. The number of rotatable bonds is 5. The molecule has 0 bridgehead atoms. The predicted octanol–water partition coefficient (Wildman–Crippen LogP) is 3.56. The van der Waals surface area contributed by atoms with E-state index in [0.29, 0.717) is 10.9 Å². The molecule has 0 aliphatic carbocycles. The molecule has 1 heterocycles. The Morgan fingerprint density at radius 2 is 1.83 bits per heavy atom. The Morgan fingerprint density at radius 3 is 2.57 bits per heavy atom. The summed E-state index contributed by atoms with van der Waals surface area (Å²) in [5, 5.41) is 18.1. The van der Waals surface area contributed by atoms with Gasteiger partial charge < -0.3 is 4.74 Å². The van der Waals surface area contributed by atoms with Gasteiger partial charge in [-0.3, -0.25) is 4.57 Å². The minimum absolute atomic E-state index is 0.308. The zero-order valence-corrected chi connectivity index (χ0v) is 13.3. The largest absolute Gasteiger partial charge is 0.495 e. The lowest BCUT2D eigenvalue weighted by atomic mass is 10.2. The molecule has 0 N–H and O–H groups in total. The van der Waals surface area contributed by atoms with E-state index in [9.17, 15) is 0 Å². The summed E-state index contributed by atoms with van der Waals surface area (Å²) in [6, 6.07) is 19.6. The van der Waals surface area contributed by atoms with E-state index < -0.39 is 0 Å². The first-order valence-electron chi connectivity index (χ1n) is 6.99. The number of hydrogen-bond donors (Lipinski definition) is 0. The zero-order valence-electron chi connectivity index (χ0n) is 12.5. The number of aromatic nitrogens is 3. The van der Waals surface area contributed by atoms with E-state index in [1.54, 1.807) is 7.11 Å². The number of ether oxygens (including phenoxy) is 1. The number of hydrogen-bond acceptors (Lipinski definition) is 5. The lowest BCUT2D eigenvalue weighted by Gasteiger charge is -2.13. The molecule has 0 unspecified atom stereocenters. The molecule has 5 nitrogen and oxygen atoms in total. The Hall–Kier alpha value is -2.78. The minimum atomic E-state index is 0.308. The van der Waals surface area contributed by atoms with Gasteiger partial charge in [-0.15, -0.1) is 10.2 Å². The fraction of sp³-hybridized carbons (Fsp3) is 0.118. The Labute approximate surface area is 138 Å². The maximum Gasteiger partial charge on any atom is 0.197 e. The number of nitrogens with zero attached hydrogens (tertiary/aromatic N) is 4. The van der Waals surface area contributed by atoms with Crippen LogP contribution >= 0.6 is 11.8 Å². The van der Waals surface area contributed by atoms with Crippen molar-refractivity contribution >= 4 is 11.8 Å². The highest BCUT2D eigenvalue weighted by Gasteiger charge is 2.18. The van der Waals surface area contributed by atoms with Gasteiger partial charge in [-0.2, -0.15) is 5.26 Å². The van der Waals surface area contributed by atoms with Gasteiger partial charge >= 0.3 is 0 Å². The molecule has 0 aliphatic rings. The number of benzene rings is 2. The molecule has 3 rings (SSSR count). The van der Waals surface area contributed by atoms with Crippen molar-refractivity contribution in [3.8, 4) is 28.9 Å². The highest BCUT2D eigenvalue weighted by Crippen LogP contribution is 2.32. The van der Waals surface area contributed by atoms with Crippen LogP contribution in [-0.2, 0) is 0 Å². The molecule has 0 amide bonds. The number of nitriles is 1. The summed E-state index contributed by atoms with van der Waals surface area (Å²) in [4.78, 5) is 0. The van der Waals surface area contributed by atoms with Gasteiger partial charge in [0.1, 0.15) is 5.75 Å². The molecular weight excluding hydrogens is 308 g/mol. The molecule has 0 saturated heterocycles. The topological polar surface area (TPSA) is 63.7 Å². The van der Waals surface area contributed by atoms with Crippen LogP contribution in [0.4, 0.5) is 0 Å². The molecule has 0 fully saturated rings. The van der Waals surface area contributed by atoms with Crippen molar-refractivity contribution in [1.82, 2.24) is 14.8 Å². The first-order valence-corrected chi connectivity index (χ1v) is 7.97. The fourth-order valence-electron chi connectivity index (χ4n) is 2.27. The summed E-state index contributed by atoms with van der Waals surface area (Å²) in [6.45, 7) is 0. The second-order valence-corrected chi connectivity index (χ2v) is 5.57. The van der Waals surface area contributed by atoms with E-state index in [0.717, 1.165) is 22.8 Å². The first kappa shape index (κ1) is 15.1. The zero-order chi connectivity index (χ0) is 16.1. The number of thioether (sulfide) groups is 1. The molecule has 6 heteroatoms. The van der Waals surface area contributed by atoms with E-state index in [1.807, 2.05) is 59.2 Å². The number of methoxy groups -OCH3 is 1. The van der Waals surface area contributed by atoms with Crippen molar-refractivity contribution < 1.29 is 4.74 Å². The SMILES string of the molecule is COc1ccccc1-n1c(SCC#N)nnc1-c1ccccc1. The smallest absolute Gasteiger partial charge is 0.197 e. The fourth-order valence-corrected chi connectivity index (χ4v) is 2.87. The molecule has 23 heavy (non-hydrogen) atoms. The Bertz CT molecular complexity index is 839. The molecule has 0 radical (unpaired) electrons. The van der Waals surface area contributed by atoms with E-state index in [-0.39, 0.29) is 0 Å². The van der Waals surface area contributed by atoms with Gasteiger partial charge in [0.05, 0.1) is 24.6 Å². The molecule has 0 saturated carbocycles. The molecule has 0 spiro atoms. The minimum Gasteiger partial charge on any atom is -0.495 e. The van der Waals surface area contributed by atoms with Crippen LogP contribution in [0.2, 0.25) is 0 Å². The van der Waals surface area contributed by atoms with Crippen LogP contribution in [-0.4, -0.2) is 27.6 Å². The average Bonchev–Trinajstić information content (AvgIpc) is 3.04. The lowest BCUT2D eigenvalue weighted by molar-refractivity contribution is 0.412. The van der Waals surface area contributed by atoms with Gasteiger partial charge in [0.25, 0.3) is 0 Å². The van der Waals surface area contributed by atoms with Crippen LogP contribution in [0.3, 0.4) is 0 Å². The third-order valence-electron chi connectivity index (χ3n) is 3.26. The van der Waals surface area contributed by atoms with Crippen LogP contribution < -0.4 is 4.74 Å². The van der Waals surface area contributed by atoms with Gasteiger partial charge in [0, 0.05) is 5.56 Å². The van der Waals surface area contributed by atoms with Crippen molar-refractivity contribution in [3.63, 3.8) is 0 Å². The summed E-state index contributed by atoms with van der Waals surface area (Å²) in [7, 11) is 1.63. The van der Waals surface area contributed by atoms with Crippen LogP contribution in [0.5, 0.6) is 5.75 Å². The molecule has 1 aromatic heterocycles. The standard InChI is InChI=1S/C17H14N4OS/c1-22-15-10-6-5-9-14(15)21-16(13-7-3-2-4-8-13)19-20-17(21)23-12-11-18/h2-10H,12H2,1H3. The lowest BCUT2D eigenvalue weighted by Crippen LogP contribution is -2.02.